The van der Waals surface area contributed by atoms with Crippen molar-refractivity contribution in [1.29, 1.82) is 0 Å². The standard InChI is InChI=1S/C19H20N2O/c1-14(17-6-4-3-5-7-17)20-21-15(2)18-10-8-16(9-11-18)12-19-13-22-19/h3-11,19H,12-13H2,1-2H3. The quantitative estimate of drug-likeness (QED) is 0.468. The van der Waals surface area contributed by atoms with E-state index in [9.17, 15) is 0 Å². The number of benzene rings is 2. The molecule has 3 rings (SSSR count). The van der Waals surface area contributed by atoms with Crippen molar-refractivity contribution in [2.45, 2.75) is 26.4 Å². The molecule has 1 fully saturated rings. The number of rotatable bonds is 5. The lowest BCUT2D eigenvalue weighted by Gasteiger charge is -2.02. The van der Waals surface area contributed by atoms with Gasteiger partial charge in [-0.05, 0) is 30.5 Å². The first-order valence-electron chi connectivity index (χ1n) is 7.57. The number of nitrogens with zero attached hydrogens (tertiary/aromatic N) is 2. The Morgan fingerprint density at radius 3 is 2.00 bits per heavy atom. The SMILES string of the molecule is CC(=NN=C(C)c1ccc(CC2CO2)cc1)c1ccccc1. The molecule has 112 valence electrons. The first-order valence-corrected chi connectivity index (χ1v) is 7.57. The first-order chi connectivity index (χ1) is 10.7. The maximum absolute atomic E-state index is 5.26. The summed E-state index contributed by atoms with van der Waals surface area (Å²) < 4.78 is 5.26. The second-order valence-corrected chi connectivity index (χ2v) is 5.59. The molecule has 2 aromatic rings. The fraction of sp³-hybridized carbons (Fsp3) is 0.263. The maximum atomic E-state index is 5.26. The van der Waals surface area contributed by atoms with E-state index < -0.39 is 0 Å². The molecule has 0 amide bonds. The predicted molar refractivity (Wildman–Crippen MR) is 90.8 cm³/mol. The molecule has 0 radical (unpaired) electrons. The lowest BCUT2D eigenvalue weighted by molar-refractivity contribution is 0.407. The minimum absolute atomic E-state index is 0.429. The number of hydrogen-bond donors (Lipinski definition) is 0. The van der Waals surface area contributed by atoms with Gasteiger partial charge >= 0.3 is 0 Å². The van der Waals surface area contributed by atoms with Crippen LogP contribution in [-0.4, -0.2) is 24.1 Å². The van der Waals surface area contributed by atoms with E-state index in [0.717, 1.165) is 35.6 Å². The van der Waals surface area contributed by atoms with Gasteiger partial charge in [-0.3, -0.25) is 0 Å². The van der Waals surface area contributed by atoms with E-state index in [1.165, 1.54) is 5.56 Å². The highest BCUT2D eigenvalue weighted by Crippen LogP contribution is 2.16. The molecule has 1 unspecified atom stereocenters. The predicted octanol–water partition coefficient (Wildman–Crippen LogP) is 3.86. The summed E-state index contributed by atoms with van der Waals surface area (Å²) in [6, 6.07) is 18.6. The van der Waals surface area contributed by atoms with E-state index in [-0.39, 0.29) is 0 Å². The van der Waals surface area contributed by atoms with Crippen LogP contribution in [-0.2, 0) is 11.2 Å². The molecule has 0 bridgehead atoms. The van der Waals surface area contributed by atoms with Gasteiger partial charge in [-0.25, -0.2) is 0 Å². The number of epoxide rings is 1. The smallest absolute Gasteiger partial charge is 0.0850 e. The van der Waals surface area contributed by atoms with E-state index in [1.54, 1.807) is 0 Å². The molecule has 1 heterocycles. The van der Waals surface area contributed by atoms with E-state index in [2.05, 4.69) is 34.5 Å². The van der Waals surface area contributed by atoms with Crippen molar-refractivity contribution in [3.8, 4) is 0 Å². The van der Waals surface area contributed by atoms with Crippen molar-refractivity contribution in [2.24, 2.45) is 10.2 Å². The van der Waals surface area contributed by atoms with Crippen LogP contribution in [0, 0.1) is 0 Å². The van der Waals surface area contributed by atoms with Crippen LogP contribution in [0.1, 0.15) is 30.5 Å². The highest BCUT2D eigenvalue weighted by molar-refractivity contribution is 6.01. The molecule has 3 nitrogen and oxygen atoms in total. The summed E-state index contributed by atoms with van der Waals surface area (Å²) in [6.07, 6.45) is 1.43. The third kappa shape index (κ3) is 3.89. The summed E-state index contributed by atoms with van der Waals surface area (Å²) in [6.45, 7) is 4.86. The van der Waals surface area contributed by atoms with Crippen LogP contribution in [0.5, 0.6) is 0 Å². The normalized spacial score (nSPS) is 18.4. The van der Waals surface area contributed by atoms with E-state index in [0.29, 0.717) is 6.10 Å². The van der Waals surface area contributed by atoms with Gasteiger partial charge in [0.1, 0.15) is 0 Å². The summed E-state index contributed by atoms with van der Waals surface area (Å²) in [7, 11) is 0. The van der Waals surface area contributed by atoms with Crippen molar-refractivity contribution < 1.29 is 4.74 Å². The summed E-state index contributed by atoms with van der Waals surface area (Å²) in [5.41, 5.74) is 5.35. The Bertz CT molecular complexity index is 683. The van der Waals surface area contributed by atoms with Crippen LogP contribution in [0.25, 0.3) is 0 Å². The van der Waals surface area contributed by atoms with Crippen LogP contribution in [0.3, 0.4) is 0 Å². The highest BCUT2D eigenvalue weighted by atomic mass is 16.6. The van der Waals surface area contributed by atoms with Crippen molar-refractivity contribution >= 4 is 11.4 Å². The van der Waals surface area contributed by atoms with Gasteiger partial charge < -0.3 is 4.74 Å². The molecule has 22 heavy (non-hydrogen) atoms. The van der Waals surface area contributed by atoms with Crippen molar-refractivity contribution in [3.05, 3.63) is 71.3 Å². The Kier molecular flexibility index (Phi) is 4.45. The molecule has 0 spiro atoms. The Labute approximate surface area is 131 Å². The summed E-state index contributed by atoms with van der Waals surface area (Å²) in [5.74, 6) is 0. The lowest BCUT2D eigenvalue weighted by atomic mass is 10.1. The molecule has 0 aromatic heterocycles. The minimum Gasteiger partial charge on any atom is -0.373 e. The van der Waals surface area contributed by atoms with Gasteiger partial charge in [0.15, 0.2) is 0 Å². The van der Waals surface area contributed by atoms with Crippen LogP contribution < -0.4 is 0 Å². The molecule has 1 aliphatic rings. The third-order valence-electron chi connectivity index (χ3n) is 3.78. The van der Waals surface area contributed by atoms with Gasteiger partial charge in [-0.2, -0.15) is 10.2 Å². The van der Waals surface area contributed by atoms with Gasteiger partial charge in [-0.15, -0.1) is 0 Å². The molecular formula is C19H20N2O. The van der Waals surface area contributed by atoms with Crippen molar-refractivity contribution in [1.82, 2.24) is 0 Å². The monoisotopic (exact) mass is 292 g/mol. The minimum atomic E-state index is 0.429. The Hall–Kier alpha value is -2.26. The molecule has 1 saturated heterocycles. The first kappa shape index (κ1) is 14.7. The molecule has 1 atom stereocenters. The number of ether oxygens (including phenoxy) is 1. The van der Waals surface area contributed by atoms with Crippen molar-refractivity contribution in [3.63, 3.8) is 0 Å². The van der Waals surface area contributed by atoms with Gasteiger partial charge in [0.05, 0.1) is 24.1 Å². The Morgan fingerprint density at radius 2 is 1.45 bits per heavy atom. The zero-order chi connectivity index (χ0) is 15.4. The Balaban J connectivity index is 1.70. The summed E-state index contributed by atoms with van der Waals surface area (Å²) in [5, 5.41) is 8.69. The fourth-order valence-corrected chi connectivity index (χ4v) is 2.28. The maximum Gasteiger partial charge on any atom is 0.0850 e. The molecule has 1 aliphatic heterocycles. The summed E-state index contributed by atoms with van der Waals surface area (Å²) in [4.78, 5) is 0. The fourth-order valence-electron chi connectivity index (χ4n) is 2.28. The highest BCUT2D eigenvalue weighted by Gasteiger charge is 2.22. The molecular weight excluding hydrogens is 272 g/mol. The van der Waals surface area contributed by atoms with Crippen molar-refractivity contribution in [2.75, 3.05) is 6.61 Å². The third-order valence-corrected chi connectivity index (χ3v) is 3.78. The topological polar surface area (TPSA) is 37.2 Å². The van der Waals surface area contributed by atoms with Gasteiger partial charge in [0.2, 0.25) is 0 Å². The lowest BCUT2D eigenvalue weighted by Crippen LogP contribution is -1.98. The number of hydrogen-bond acceptors (Lipinski definition) is 3. The second kappa shape index (κ2) is 6.67. The zero-order valence-electron chi connectivity index (χ0n) is 13.0. The average Bonchev–Trinajstić information content (AvgIpc) is 3.38. The molecule has 0 aliphatic carbocycles. The van der Waals surface area contributed by atoms with Crippen LogP contribution in [0.2, 0.25) is 0 Å². The van der Waals surface area contributed by atoms with Gasteiger partial charge in [-0.1, -0.05) is 54.6 Å². The van der Waals surface area contributed by atoms with Crippen LogP contribution in [0.15, 0.2) is 64.8 Å². The van der Waals surface area contributed by atoms with E-state index in [1.807, 2.05) is 44.2 Å². The summed E-state index contributed by atoms with van der Waals surface area (Å²) >= 11 is 0. The van der Waals surface area contributed by atoms with Gasteiger partial charge in [0, 0.05) is 6.42 Å². The largest absolute Gasteiger partial charge is 0.373 e. The Morgan fingerprint density at radius 1 is 0.909 bits per heavy atom. The van der Waals surface area contributed by atoms with Crippen LogP contribution >= 0.6 is 0 Å². The second-order valence-electron chi connectivity index (χ2n) is 5.59. The van der Waals surface area contributed by atoms with Gasteiger partial charge in [0.25, 0.3) is 0 Å². The molecule has 0 N–H and O–H groups in total. The zero-order valence-corrected chi connectivity index (χ0v) is 13.0. The molecule has 3 heteroatoms. The van der Waals surface area contributed by atoms with E-state index >= 15 is 0 Å². The molecule has 0 saturated carbocycles. The van der Waals surface area contributed by atoms with E-state index in [4.69, 9.17) is 4.74 Å². The molecule has 2 aromatic carbocycles. The average molecular weight is 292 g/mol. The van der Waals surface area contributed by atoms with Crippen LogP contribution in [0.4, 0.5) is 0 Å².